The second-order valence-electron chi connectivity index (χ2n) is 6.39. The van der Waals surface area contributed by atoms with Crippen LogP contribution in [0.4, 0.5) is 0 Å². The molecule has 0 aromatic heterocycles. The highest BCUT2D eigenvalue weighted by molar-refractivity contribution is 6.30. The van der Waals surface area contributed by atoms with Gasteiger partial charge < -0.3 is 14.2 Å². The van der Waals surface area contributed by atoms with E-state index in [9.17, 15) is 24.0 Å². The fraction of sp³-hybridized carbons (Fsp3) is 0.190. The largest absolute Gasteiger partial charge is 0.426 e. The van der Waals surface area contributed by atoms with Gasteiger partial charge in [0.25, 0.3) is 0 Å². The fourth-order valence-corrected chi connectivity index (χ4v) is 3.10. The average molecular weight is 396 g/mol. The van der Waals surface area contributed by atoms with Crippen molar-refractivity contribution in [1.82, 2.24) is 0 Å². The second-order valence-corrected chi connectivity index (χ2v) is 6.39. The van der Waals surface area contributed by atoms with Gasteiger partial charge in [0.2, 0.25) is 0 Å². The molecule has 0 heterocycles. The van der Waals surface area contributed by atoms with E-state index in [1.807, 2.05) is 0 Å². The molecule has 3 rings (SSSR count). The van der Waals surface area contributed by atoms with Gasteiger partial charge in [-0.25, -0.2) is 0 Å². The number of fused-ring (bicyclic) bond motifs is 2. The third kappa shape index (κ3) is 3.52. The number of carbonyl (C=O) groups is 5. The summed E-state index contributed by atoms with van der Waals surface area (Å²) in [6.07, 6.45) is 0. The van der Waals surface area contributed by atoms with Gasteiger partial charge in [-0.1, -0.05) is 6.07 Å². The Morgan fingerprint density at radius 2 is 1.10 bits per heavy atom. The molecule has 8 nitrogen and oxygen atoms in total. The van der Waals surface area contributed by atoms with E-state index in [1.165, 1.54) is 31.2 Å². The van der Waals surface area contributed by atoms with Crippen molar-refractivity contribution in [3.05, 3.63) is 52.1 Å². The van der Waals surface area contributed by atoms with E-state index >= 15 is 0 Å². The number of hydrogen-bond acceptors (Lipinski definition) is 8. The highest BCUT2D eigenvalue weighted by Crippen LogP contribution is 2.42. The van der Waals surface area contributed by atoms with E-state index in [0.29, 0.717) is 5.56 Å². The Hall–Kier alpha value is -3.81. The summed E-state index contributed by atoms with van der Waals surface area (Å²) in [6, 6.07) is 5.52. The molecular weight excluding hydrogens is 380 g/mol. The molecule has 148 valence electrons. The Morgan fingerprint density at radius 1 is 0.655 bits per heavy atom. The summed E-state index contributed by atoms with van der Waals surface area (Å²) in [5.74, 6) is -3.79. The van der Waals surface area contributed by atoms with Gasteiger partial charge in [0.15, 0.2) is 23.1 Å². The molecule has 0 N–H and O–H groups in total. The summed E-state index contributed by atoms with van der Waals surface area (Å²) >= 11 is 0. The van der Waals surface area contributed by atoms with Crippen LogP contribution in [0.1, 0.15) is 58.2 Å². The van der Waals surface area contributed by atoms with E-state index in [4.69, 9.17) is 14.2 Å². The highest BCUT2D eigenvalue weighted by atomic mass is 16.6. The first-order valence-electron chi connectivity index (χ1n) is 8.57. The molecule has 0 saturated heterocycles. The van der Waals surface area contributed by atoms with E-state index in [0.717, 1.165) is 13.8 Å². The number of hydrogen-bond donors (Lipinski definition) is 0. The lowest BCUT2D eigenvalue weighted by Crippen LogP contribution is -2.25. The molecule has 0 atom stereocenters. The van der Waals surface area contributed by atoms with E-state index < -0.39 is 29.5 Å². The minimum atomic E-state index is -0.762. The molecule has 1 aliphatic rings. The van der Waals surface area contributed by atoms with Crippen molar-refractivity contribution in [2.45, 2.75) is 27.7 Å². The van der Waals surface area contributed by atoms with Crippen LogP contribution in [0.3, 0.4) is 0 Å². The van der Waals surface area contributed by atoms with Crippen LogP contribution in [0.2, 0.25) is 0 Å². The zero-order valence-corrected chi connectivity index (χ0v) is 16.1. The molecule has 0 unspecified atom stereocenters. The van der Waals surface area contributed by atoms with E-state index in [1.54, 1.807) is 6.92 Å². The first kappa shape index (κ1) is 19.9. The summed E-state index contributed by atoms with van der Waals surface area (Å²) in [6.45, 7) is 5.08. The van der Waals surface area contributed by atoms with Crippen LogP contribution in [0.25, 0.3) is 0 Å². The zero-order chi connectivity index (χ0) is 21.5. The zero-order valence-electron chi connectivity index (χ0n) is 16.1. The number of esters is 3. The van der Waals surface area contributed by atoms with Crippen LogP contribution in [-0.2, 0) is 14.4 Å². The molecule has 0 amide bonds. The van der Waals surface area contributed by atoms with Crippen molar-refractivity contribution < 1.29 is 38.2 Å². The number of benzene rings is 2. The number of ketones is 2. The van der Waals surface area contributed by atoms with Gasteiger partial charge in [-0.15, -0.1) is 0 Å². The number of carbonyl (C=O) groups excluding carboxylic acids is 5. The van der Waals surface area contributed by atoms with Crippen molar-refractivity contribution in [2.24, 2.45) is 0 Å². The number of rotatable bonds is 3. The summed E-state index contributed by atoms with van der Waals surface area (Å²) in [4.78, 5) is 60.8. The van der Waals surface area contributed by atoms with E-state index in [-0.39, 0.29) is 39.5 Å². The SMILES string of the molecule is CC(=O)Oc1ccc2c(c1OC(C)=O)C(=O)c1ccc(C)c(OC(C)=O)c1C2=O. The summed E-state index contributed by atoms with van der Waals surface area (Å²) in [5.41, 5.74) is 0.174. The van der Waals surface area contributed by atoms with Crippen LogP contribution in [0.15, 0.2) is 24.3 Å². The van der Waals surface area contributed by atoms with Gasteiger partial charge in [0.1, 0.15) is 5.75 Å². The topological polar surface area (TPSA) is 113 Å². The maximum absolute atomic E-state index is 13.2. The Bertz CT molecular complexity index is 1110. The molecule has 0 bridgehead atoms. The summed E-state index contributed by atoms with van der Waals surface area (Å²) in [7, 11) is 0. The van der Waals surface area contributed by atoms with Crippen molar-refractivity contribution >= 4 is 29.5 Å². The third-order valence-corrected chi connectivity index (χ3v) is 4.16. The molecule has 2 aromatic rings. The minimum absolute atomic E-state index is 0.00269. The van der Waals surface area contributed by atoms with Crippen molar-refractivity contribution in [3.63, 3.8) is 0 Å². The van der Waals surface area contributed by atoms with Crippen LogP contribution >= 0.6 is 0 Å². The Labute approximate surface area is 165 Å². The molecule has 0 radical (unpaired) electrons. The predicted octanol–water partition coefficient (Wildman–Crippen LogP) is 2.55. The Balaban J connectivity index is 2.29. The van der Waals surface area contributed by atoms with Gasteiger partial charge in [0.05, 0.1) is 11.1 Å². The van der Waals surface area contributed by atoms with Gasteiger partial charge in [-0.3, -0.25) is 24.0 Å². The van der Waals surface area contributed by atoms with Crippen molar-refractivity contribution in [3.8, 4) is 17.2 Å². The van der Waals surface area contributed by atoms with Crippen molar-refractivity contribution in [2.75, 3.05) is 0 Å². The van der Waals surface area contributed by atoms with Gasteiger partial charge in [-0.2, -0.15) is 0 Å². The molecule has 0 saturated carbocycles. The maximum atomic E-state index is 13.2. The lowest BCUT2D eigenvalue weighted by Gasteiger charge is -2.23. The fourth-order valence-electron chi connectivity index (χ4n) is 3.10. The Kier molecular flexibility index (Phi) is 5.02. The molecule has 1 aliphatic carbocycles. The van der Waals surface area contributed by atoms with Gasteiger partial charge in [-0.05, 0) is 30.7 Å². The maximum Gasteiger partial charge on any atom is 0.308 e. The molecule has 0 spiro atoms. The standard InChI is InChI=1S/C21H16O8/c1-9-5-6-13-16(20(9)28-11(3)23)18(25)14-7-8-15(27-10(2)22)21(29-12(4)24)17(14)19(13)26/h5-8H,1-4H3. The van der Waals surface area contributed by atoms with Crippen LogP contribution in [-0.4, -0.2) is 29.5 Å². The monoisotopic (exact) mass is 396 g/mol. The number of ether oxygens (including phenoxy) is 3. The lowest BCUT2D eigenvalue weighted by atomic mass is 9.82. The second kappa shape index (κ2) is 7.31. The molecule has 2 aromatic carbocycles. The third-order valence-electron chi connectivity index (χ3n) is 4.16. The summed E-state index contributed by atoms with van der Waals surface area (Å²) < 4.78 is 15.3. The molecule has 8 heteroatoms. The molecular formula is C21H16O8. The van der Waals surface area contributed by atoms with Crippen LogP contribution in [0, 0.1) is 6.92 Å². The molecule has 0 fully saturated rings. The normalized spacial score (nSPS) is 12.0. The van der Waals surface area contributed by atoms with Crippen molar-refractivity contribution in [1.29, 1.82) is 0 Å². The summed E-state index contributed by atoms with van der Waals surface area (Å²) in [5, 5.41) is 0. The van der Waals surface area contributed by atoms with Crippen LogP contribution < -0.4 is 14.2 Å². The smallest absolute Gasteiger partial charge is 0.308 e. The molecule has 29 heavy (non-hydrogen) atoms. The van der Waals surface area contributed by atoms with Crippen LogP contribution in [0.5, 0.6) is 17.2 Å². The Morgan fingerprint density at radius 3 is 1.62 bits per heavy atom. The highest BCUT2D eigenvalue weighted by Gasteiger charge is 2.37. The quantitative estimate of drug-likeness (QED) is 0.490. The van der Waals surface area contributed by atoms with Gasteiger partial charge in [0, 0.05) is 31.9 Å². The average Bonchev–Trinajstić information content (AvgIpc) is 2.61. The minimum Gasteiger partial charge on any atom is -0.426 e. The first-order chi connectivity index (χ1) is 13.6. The predicted molar refractivity (Wildman–Crippen MR) is 98.4 cm³/mol. The lowest BCUT2D eigenvalue weighted by molar-refractivity contribution is -0.134. The van der Waals surface area contributed by atoms with E-state index in [2.05, 4.69) is 0 Å². The first-order valence-corrected chi connectivity index (χ1v) is 8.57. The molecule has 0 aliphatic heterocycles. The van der Waals surface area contributed by atoms with Gasteiger partial charge >= 0.3 is 17.9 Å². The number of aryl methyl sites for hydroxylation is 1.